The van der Waals surface area contributed by atoms with Gasteiger partial charge in [0, 0.05) is 18.7 Å². The third-order valence-electron chi connectivity index (χ3n) is 5.34. The number of carbonyl (C=O) groups is 2. The minimum Gasteiger partial charge on any atom is -0.507 e. The van der Waals surface area contributed by atoms with E-state index < -0.39 is 17.7 Å². The third kappa shape index (κ3) is 4.26. The van der Waals surface area contributed by atoms with E-state index in [1.165, 1.54) is 11.2 Å². The molecule has 0 unspecified atom stereocenters. The zero-order chi connectivity index (χ0) is 21.7. The average molecular weight is 412 g/mol. The highest BCUT2D eigenvalue weighted by atomic mass is 16.5. The maximum absolute atomic E-state index is 12.9. The van der Waals surface area contributed by atoms with Gasteiger partial charge in [0.1, 0.15) is 23.3 Å². The number of rotatable bonds is 9. The molecule has 0 bridgehead atoms. The quantitative estimate of drug-likeness (QED) is 0.386. The van der Waals surface area contributed by atoms with Gasteiger partial charge in [0.05, 0.1) is 18.4 Å². The molecular weight excluding hydrogens is 384 g/mol. The molecule has 1 N–H and O–H groups in total. The normalized spacial score (nSPS) is 18.4. The predicted octanol–water partition coefficient (Wildman–Crippen LogP) is 3.44. The van der Waals surface area contributed by atoms with Crippen molar-refractivity contribution in [2.24, 2.45) is 0 Å². The number of ether oxygens (including phenoxy) is 1. The van der Waals surface area contributed by atoms with Crippen molar-refractivity contribution >= 4 is 17.4 Å². The highest BCUT2D eigenvalue weighted by Crippen LogP contribution is 2.39. The van der Waals surface area contributed by atoms with Crippen molar-refractivity contribution in [2.45, 2.75) is 26.8 Å². The molecule has 2 heterocycles. The van der Waals surface area contributed by atoms with E-state index in [0.29, 0.717) is 36.8 Å². The first kappa shape index (κ1) is 21.6. The maximum atomic E-state index is 12.9. The lowest BCUT2D eigenvalue weighted by Gasteiger charge is -2.26. The number of likely N-dealkylation sites (N-methyl/N-ethyl adjacent to an activating group) is 1. The summed E-state index contributed by atoms with van der Waals surface area (Å²) in [4.78, 5) is 29.4. The first-order valence-corrected chi connectivity index (χ1v) is 10.3. The van der Waals surface area contributed by atoms with E-state index in [9.17, 15) is 14.7 Å². The van der Waals surface area contributed by atoms with Crippen molar-refractivity contribution in [1.82, 2.24) is 9.80 Å². The summed E-state index contributed by atoms with van der Waals surface area (Å²) in [5.74, 6) is -0.445. The molecule has 7 nitrogen and oxygen atoms in total. The Morgan fingerprint density at radius 2 is 1.83 bits per heavy atom. The van der Waals surface area contributed by atoms with Gasteiger partial charge in [-0.05, 0) is 56.4 Å². The summed E-state index contributed by atoms with van der Waals surface area (Å²) in [7, 11) is 0. The summed E-state index contributed by atoms with van der Waals surface area (Å²) in [5.41, 5.74) is 0.482. The summed E-state index contributed by atoms with van der Waals surface area (Å²) >= 11 is 0. The Kier molecular flexibility index (Phi) is 6.95. The van der Waals surface area contributed by atoms with Gasteiger partial charge in [0.2, 0.25) is 0 Å². The Bertz CT molecular complexity index is 898. The van der Waals surface area contributed by atoms with E-state index in [4.69, 9.17) is 9.15 Å². The maximum Gasteiger partial charge on any atom is 0.295 e. The van der Waals surface area contributed by atoms with E-state index in [2.05, 4.69) is 4.90 Å². The molecule has 1 fully saturated rings. The first-order valence-electron chi connectivity index (χ1n) is 10.3. The smallest absolute Gasteiger partial charge is 0.295 e. The minimum absolute atomic E-state index is 0.0404. The topological polar surface area (TPSA) is 83.2 Å². The molecule has 1 aliphatic heterocycles. The Morgan fingerprint density at radius 3 is 2.40 bits per heavy atom. The summed E-state index contributed by atoms with van der Waals surface area (Å²) < 4.78 is 11.0. The molecule has 1 saturated heterocycles. The molecule has 1 aromatic heterocycles. The SMILES string of the molecule is CCOc1ccc(/C(O)=C2/C(=O)C(=O)N(CCN(CC)CC)[C@H]2c2ccco2)cc1. The summed E-state index contributed by atoms with van der Waals surface area (Å²) in [6.07, 6.45) is 1.50. The lowest BCUT2D eigenvalue weighted by molar-refractivity contribution is -0.140. The number of aliphatic hydroxyl groups is 1. The van der Waals surface area contributed by atoms with E-state index in [0.717, 1.165) is 13.1 Å². The second kappa shape index (κ2) is 9.63. The van der Waals surface area contributed by atoms with Crippen LogP contribution in [-0.4, -0.2) is 59.4 Å². The molecule has 3 rings (SSSR count). The molecule has 1 atom stereocenters. The second-order valence-electron chi connectivity index (χ2n) is 6.99. The number of nitrogens with zero attached hydrogens (tertiary/aromatic N) is 2. The van der Waals surface area contributed by atoms with Gasteiger partial charge in [-0.1, -0.05) is 13.8 Å². The summed E-state index contributed by atoms with van der Waals surface area (Å²) in [6.45, 7) is 9.19. The van der Waals surface area contributed by atoms with Gasteiger partial charge in [-0.25, -0.2) is 0 Å². The summed E-state index contributed by atoms with van der Waals surface area (Å²) in [5, 5.41) is 11.0. The van der Waals surface area contributed by atoms with Crippen molar-refractivity contribution in [3.05, 3.63) is 59.6 Å². The van der Waals surface area contributed by atoms with Gasteiger partial charge >= 0.3 is 0 Å². The van der Waals surface area contributed by atoms with Crippen molar-refractivity contribution in [1.29, 1.82) is 0 Å². The molecule has 1 aromatic carbocycles. The van der Waals surface area contributed by atoms with Gasteiger partial charge in [0.15, 0.2) is 0 Å². The lowest BCUT2D eigenvalue weighted by atomic mass is 9.99. The van der Waals surface area contributed by atoms with Crippen LogP contribution in [0.2, 0.25) is 0 Å². The molecule has 30 heavy (non-hydrogen) atoms. The number of ketones is 1. The molecule has 0 saturated carbocycles. The fourth-order valence-corrected chi connectivity index (χ4v) is 3.67. The van der Waals surface area contributed by atoms with Crippen LogP contribution in [0, 0.1) is 0 Å². The van der Waals surface area contributed by atoms with E-state index in [1.54, 1.807) is 36.4 Å². The van der Waals surface area contributed by atoms with Gasteiger partial charge in [-0.2, -0.15) is 0 Å². The first-order chi connectivity index (χ1) is 14.5. The van der Waals surface area contributed by atoms with E-state index in [-0.39, 0.29) is 11.3 Å². The Labute approximate surface area is 176 Å². The van der Waals surface area contributed by atoms with Crippen molar-refractivity contribution < 1.29 is 23.8 Å². The van der Waals surface area contributed by atoms with Crippen LogP contribution in [0.15, 0.2) is 52.7 Å². The fourth-order valence-electron chi connectivity index (χ4n) is 3.67. The van der Waals surface area contributed by atoms with Crippen LogP contribution in [0.4, 0.5) is 0 Å². The number of aliphatic hydroxyl groups excluding tert-OH is 1. The van der Waals surface area contributed by atoms with Crippen LogP contribution < -0.4 is 4.74 Å². The number of amides is 1. The van der Waals surface area contributed by atoms with Crippen LogP contribution in [0.5, 0.6) is 5.75 Å². The molecule has 0 radical (unpaired) electrons. The highest BCUT2D eigenvalue weighted by Gasteiger charge is 2.47. The van der Waals surface area contributed by atoms with Crippen molar-refractivity contribution in [3.8, 4) is 5.75 Å². The second-order valence-corrected chi connectivity index (χ2v) is 6.99. The standard InChI is InChI=1S/C23H28N2O5/c1-4-24(5-2)13-14-25-20(18-8-7-15-30-18)19(22(27)23(25)28)21(26)16-9-11-17(12-10-16)29-6-3/h7-12,15,20,26H,4-6,13-14H2,1-3H3/b21-19-/t20-/m0/s1. The monoisotopic (exact) mass is 412 g/mol. The van der Waals surface area contributed by atoms with Crippen LogP contribution in [0.25, 0.3) is 5.76 Å². The summed E-state index contributed by atoms with van der Waals surface area (Å²) in [6, 6.07) is 9.44. The average Bonchev–Trinajstić information content (AvgIpc) is 3.37. The highest BCUT2D eigenvalue weighted by molar-refractivity contribution is 6.46. The predicted molar refractivity (Wildman–Crippen MR) is 113 cm³/mol. The molecule has 1 aliphatic rings. The molecule has 2 aromatic rings. The number of hydrogen-bond donors (Lipinski definition) is 1. The van der Waals surface area contributed by atoms with E-state index in [1.807, 2.05) is 20.8 Å². The molecule has 0 aliphatic carbocycles. The Hall–Kier alpha value is -3.06. The molecule has 1 amide bonds. The molecule has 0 spiro atoms. The van der Waals surface area contributed by atoms with Crippen LogP contribution in [0.1, 0.15) is 38.1 Å². The minimum atomic E-state index is -0.762. The fraction of sp³-hybridized carbons (Fsp3) is 0.391. The number of hydrogen-bond acceptors (Lipinski definition) is 6. The van der Waals surface area contributed by atoms with E-state index >= 15 is 0 Å². The van der Waals surface area contributed by atoms with Crippen LogP contribution in [-0.2, 0) is 9.59 Å². The Balaban J connectivity index is 1.99. The van der Waals surface area contributed by atoms with Gasteiger partial charge in [-0.3, -0.25) is 9.59 Å². The third-order valence-corrected chi connectivity index (χ3v) is 5.34. The zero-order valence-corrected chi connectivity index (χ0v) is 17.6. The molecule has 160 valence electrons. The molecule has 7 heteroatoms. The number of likely N-dealkylation sites (tertiary alicyclic amines) is 1. The largest absolute Gasteiger partial charge is 0.507 e. The number of benzene rings is 1. The van der Waals surface area contributed by atoms with Crippen LogP contribution in [0.3, 0.4) is 0 Å². The Morgan fingerprint density at radius 1 is 1.13 bits per heavy atom. The number of carbonyl (C=O) groups excluding carboxylic acids is 2. The molecular formula is C23H28N2O5. The van der Waals surface area contributed by atoms with Crippen molar-refractivity contribution in [2.75, 3.05) is 32.8 Å². The number of Topliss-reactive ketones (excluding diaryl/α,β-unsaturated/α-hetero) is 1. The van der Waals surface area contributed by atoms with Crippen molar-refractivity contribution in [3.63, 3.8) is 0 Å². The van der Waals surface area contributed by atoms with Gasteiger partial charge in [-0.15, -0.1) is 0 Å². The number of furan rings is 1. The lowest BCUT2D eigenvalue weighted by Crippen LogP contribution is -2.37. The van der Waals surface area contributed by atoms with Gasteiger partial charge < -0.3 is 24.1 Å². The zero-order valence-electron chi connectivity index (χ0n) is 17.6. The van der Waals surface area contributed by atoms with Gasteiger partial charge in [0.25, 0.3) is 11.7 Å². The van der Waals surface area contributed by atoms with Crippen LogP contribution >= 0.6 is 0 Å².